The lowest BCUT2D eigenvalue weighted by atomic mass is 10.0. The molecule has 0 spiro atoms. The van der Waals surface area contributed by atoms with Crippen molar-refractivity contribution in [3.63, 3.8) is 0 Å². The van der Waals surface area contributed by atoms with Crippen molar-refractivity contribution in [2.24, 2.45) is 0 Å². The highest BCUT2D eigenvalue weighted by Crippen LogP contribution is 2.16. The number of hydrogen-bond donors (Lipinski definition) is 0. The fourth-order valence-electron chi connectivity index (χ4n) is 8.02. The number of ether oxygens (including phenoxy) is 3. The van der Waals surface area contributed by atoms with Crippen LogP contribution in [0, 0.1) is 0 Å². The van der Waals surface area contributed by atoms with E-state index in [1.165, 1.54) is 193 Å². The minimum absolute atomic E-state index is 0.0720. The van der Waals surface area contributed by atoms with E-state index in [4.69, 9.17) is 14.2 Å². The smallest absolute Gasteiger partial charge is 0.306 e. The van der Waals surface area contributed by atoms with E-state index in [-0.39, 0.29) is 31.1 Å². The number of carbonyl (C=O) groups excluding carboxylic acids is 3. The predicted octanol–water partition coefficient (Wildman–Crippen LogP) is 17.9. The quantitative estimate of drug-likeness (QED) is 0.0262. The van der Waals surface area contributed by atoms with E-state index in [0.717, 1.165) is 64.2 Å². The molecule has 0 aromatic heterocycles. The molecule has 6 heteroatoms. The van der Waals surface area contributed by atoms with E-state index >= 15 is 0 Å². The Morgan fingerprint density at radius 2 is 0.532 bits per heavy atom. The number of hydrogen-bond acceptors (Lipinski definition) is 6. The third-order valence-corrected chi connectivity index (χ3v) is 12.2. The van der Waals surface area contributed by atoms with Crippen LogP contribution in [0.15, 0.2) is 24.3 Å². The second-order valence-corrected chi connectivity index (χ2v) is 18.5. The Morgan fingerprint density at radius 3 is 0.806 bits per heavy atom. The molecule has 0 N–H and O–H groups in total. The molecule has 62 heavy (non-hydrogen) atoms. The molecule has 1 atom stereocenters. The molecule has 364 valence electrons. The van der Waals surface area contributed by atoms with Crippen molar-refractivity contribution < 1.29 is 28.6 Å². The zero-order valence-corrected chi connectivity index (χ0v) is 41.7. The van der Waals surface area contributed by atoms with Gasteiger partial charge in [0.05, 0.1) is 0 Å². The number of esters is 3. The van der Waals surface area contributed by atoms with Gasteiger partial charge in [0, 0.05) is 19.3 Å². The van der Waals surface area contributed by atoms with Crippen LogP contribution in [-0.4, -0.2) is 37.2 Å². The molecule has 0 radical (unpaired) electrons. The third kappa shape index (κ3) is 48.9. The average Bonchev–Trinajstić information content (AvgIpc) is 3.27. The predicted molar refractivity (Wildman–Crippen MR) is 266 cm³/mol. The van der Waals surface area contributed by atoms with Crippen molar-refractivity contribution in [2.75, 3.05) is 13.2 Å². The topological polar surface area (TPSA) is 78.9 Å². The van der Waals surface area contributed by atoms with Crippen LogP contribution in [0.3, 0.4) is 0 Å². The second-order valence-electron chi connectivity index (χ2n) is 18.5. The van der Waals surface area contributed by atoms with Crippen LogP contribution in [0.1, 0.15) is 297 Å². The van der Waals surface area contributed by atoms with Crippen LogP contribution in [0.25, 0.3) is 0 Å². The van der Waals surface area contributed by atoms with Gasteiger partial charge in [-0.1, -0.05) is 231 Å². The number of unbranched alkanes of at least 4 members (excludes halogenated alkanes) is 35. The lowest BCUT2D eigenvalue weighted by Gasteiger charge is -2.18. The Morgan fingerprint density at radius 1 is 0.306 bits per heavy atom. The minimum Gasteiger partial charge on any atom is -0.462 e. The highest BCUT2D eigenvalue weighted by Gasteiger charge is 2.19. The van der Waals surface area contributed by atoms with Crippen molar-refractivity contribution in [2.45, 2.75) is 303 Å². The van der Waals surface area contributed by atoms with E-state index in [0.29, 0.717) is 19.3 Å². The molecule has 0 aliphatic heterocycles. The van der Waals surface area contributed by atoms with E-state index in [2.05, 4.69) is 45.1 Å². The van der Waals surface area contributed by atoms with Gasteiger partial charge in [0.1, 0.15) is 13.2 Å². The number of carbonyl (C=O) groups is 3. The summed E-state index contributed by atoms with van der Waals surface area (Å²) in [5, 5.41) is 0. The molecule has 0 saturated carbocycles. The maximum absolute atomic E-state index is 12.8. The molecular weight excluding hydrogens is 769 g/mol. The van der Waals surface area contributed by atoms with Gasteiger partial charge in [0.25, 0.3) is 0 Å². The number of rotatable bonds is 50. The molecule has 0 aliphatic rings. The summed E-state index contributed by atoms with van der Waals surface area (Å²) in [5.74, 6) is -0.870. The van der Waals surface area contributed by atoms with Crippen molar-refractivity contribution in [1.29, 1.82) is 0 Å². The fourth-order valence-corrected chi connectivity index (χ4v) is 8.02. The first-order valence-corrected chi connectivity index (χ1v) is 27.3. The minimum atomic E-state index is -0.772. The molecule has 0 saturated heterocycles. The molecular formula is C56H104O6. The lowest BCUT2D eigenvalue weighted by Crippen LogP contribution is -2.30. The van der Waals surface area contributed by atoms with Gasteiger partial charge < -0.3 is 14.2 Å². The van der Waals surface area contributed by atoms with E-state index in [1.807, 2.05) is 0 Å². The Labute approximate surface area is 385 Å². The fraction of sp³-hybridized carbons (Fsp3) is 0.875. The van der Waals surface area contributed by atoms with E-state index in [9.17, 15) is 14.4 Å². The van der Waals surface area contributed by atoms with E-state index < -0.39 is 6.10 Å². The zero-order valence-electron chi connectivity index (χ0n) is 41.7. The molecule has 0 aromatic rings. The van der Waals surface area contributed by atoms with Crippen LogP contribution in [0.4, 0.5) is 0 Å². The summed E-state index contributed by atoms with van der Waals surface area (Å²) in [7, 11) is 0. The molecule has 0 bridgehead atoms. The molecule has 0 heterocycles. The molecule has 0 amide bonds. The van der Waals surface area contributed by atoms with Gasteiger partial charge in [-0.2, -0.15) is 0 Å². The van der Waals surface area contributed by atoms with Crippen molar-refractivity contribution in [3.8, 4) is 0 Å². The average molecular weight is 873 g/mol. The molecule has 0 aliphatic carbocycles. The first-order valence-electron chi connectivity index (χ1n) is 27.3. The van der Waals surface area contributed by atoms with Gasteiger partial charge in [-0.15, -0.1) is 0 Å². The maximum atomic E-state index is 12.8. The van der Waals surface area contributed by atoms with Gasteiger partial charge in [0.2, 0.25) is 0 Å². The Balaban J connectivity index is 4.34. The highest BCUT2D eigenvalue weighted by molar-refractivity contribution is 5.71. The second kappa shape index (κ2) is 51.5. The summed E-state index contributed by atoms with van der Waals surface area (Å²) in [4.78, 5) is 38.0. The first-order chi connectivity index (χ1) is 30.5. The Hall–Kier alpha value is -2.11. The van der Waals surface area contributed by atoms with Gasteiger partial charge in [-0.05, 0) is 70.6 Å². The van der Waals surface area contributed by atoms with Crippen molar-refractivity contribution in [1.82, 2.24) is 0 Å². The molecule has 0 aromatic carbocycles. The SMILES string of the molecule is CCCCCCC/C=C\CCCCCCCC(=O)OC(COC(=O)CCCCCCCCC/C=C\CCCCCCCC)COC(=O)CCCCCCCCCCCCCCC. The molecule has 1 unspecified atom stereocenters. The summed E-state index contributed by atoms with van der Waals surface area (Å²) in [6.07, 6.45) is 58.7. The Kier molecular flexibility index (Phi) is 49.8. The van der Waals surface area contributed by atoms with Crippen molar-refractivity contribution >= 4 is 17.9 Å². The standard InChI is InChI=1S/C56H104O6/c1-4-7-10-13-16-19-22-25-27-28-29-32-34-37-40-43-46-49-55(58)61-52-53(51-60-54(57)48-45-42-39-36-33-30-24-21-18-15-12-9-6-3)62-56(59)50-47-44-41-38-35-31-26-23-20-17-14-11-8-5-2/h23,25-27,53H,4-22,24,28-52H2,1-3H3/b26-23-,27-25-. The third-order valence-electron chi connectivity index (χ3n) is 12.2. The maximum Gasteiger partial charge on any atom is 0.306 e. The normalized spacial score (nSPS) is 12.1. The summed E-state index contributed by atoms with van der Waals surface area (Å²) in [5.41, 5.74) is 0. The van der Waals surface area contributed by atoms with Crippen LogP contribution < -0.4 is 0 Å². The molecule has 0 fully saturated rings. The van der Waals surface area contributed by atoms with Gasteiger partial charge in [-0.3, -0.25) is 14.4 Å². The van der Waals surface area contributed by atoms with Crippen LogP contribution in [-0.2, 0) is 28.6 Å². The summed E-state index contributed by atoms with van der Waals surface area (Å²) < 4.78 is 16.8. The zero-order chi connectivity index (χ0) is 45.1. The van der Waals surface area contributed by atoms with Crippen LogP contribution in [0.5, 0.6) is 0 Å². The van der Waals surface area contributed by atoms with Crippen LogP contribution in [0.2, 0.25) is 0 Å². The van der Waals surface area contributed by atoms with Gasteiger partial charge in [0.15, 0.2) is 6.10 Å². The van der Waals surface area contributed by atoms with Gasteiger partial charge in [-0.25, -0.2) is 0 Å². The highest BCUT2D eigenvalue weighted by atomic mass is 16.6. The monoisotopic (exact) mass is 873 g/mol. The summed E-state index contributed by atoms with van der Waals surface area (Å²) in [6, 6.07) is 0. The Bertz CT molecular complexity index is 1000. The largest absolute Gasteiger partial charge is 0.462 e. The summed E-state index contributed by atoms with van der Waals surface area (Å²) >= 11 is 0. The lowest BCUT2D eigenvalue weighted by molar-refractivity contribution is -0.167. The van der Waals surface area contributed by atoms with Crippen molar-refractivity contribution in [3.05, 3.63) is 24.3 Å². The number of allylic oxidation sites excluding steroid dienone is 4. The van der Waals surface area contributed by atoms with E-state index in [1.54, 1.807) is 0 Å². The molecule has 6 nitrogen and oxygen atoms in total. The molecule has 0 rings (SSSR count). The summed E-state index contributed by atoms with van der Waals surface area (Å²) in [6.45, 7) is 6.65. The first kappa shape index (κ1) is 59.9. The van der Waals surface area contributed by atoms with Gasteiger partial charge >= 0.3 is 17.9 Å². The van der Waals surface area contributed by atoms with Crippen LogP contribution >= 0.6 is 0 Å².